The van der Waals surface area contributed by atoms with Crippen LogP contribution >= 0.6 is 11.6 Å². The molecule has 142 valence electrons. The maximum Gasteiger partial charge on any atom is 0.270 e. The van der Waals surface area contributed by atoms with Crippen molar-refractivity contribution in [1.29, 1.82) is 0 Å². The molecule has 0 bridgehead atoms. The van der Waals surface area contributed by atoms with Gasteiger partial charge in [0.05, 0.1) is 0 Å². The Hall–Kier alpha value is -2.67. The molecule has 0 aliphatic carbocycles. The summed E-state index contributed by atoms with van der Waals surface area (Å²) in [6.07, 6.45) is 0. The third-order valence-electron chi connectivity index (χ3n) is 4.47. The Morgan fingerprint density at radius 2 is 1.78 bits per heavy atom. The highest BCUT2D eigenvalue weighted by Gasteiger charge is 2.21. The molecule has 0 spiro atoms. The third-order valence-corrected chi connectivity index (χ3v) is 4.72. The van der Waals surface area contributed by atoms with Crippen molar-refractivity contribution in [2.24, 2.45) is 0 Å². The predicted octanol–water partition coefficient (Wildman–Crippen LogP) is 2.04. The molecule has 2 aromatic rings. The van der Waals surface area contributed by atoms with E-state index in [0.29, 0.717) is 55.1 Å². The van der Waals surface area contributed by atoms with Crippen LogP contribution in [0.5, 0.6) is 0 Å². The van der Waals surface area contributed by atoms with Gasteiger partial charge in [0.15, 0.2) is 0 Å². The number of carbonyl (C=O) groups is 2. The van der Waals surface area contributed by atoms with E-state index in [9.17, 15) is 9.59 Å². The predicted molar refractivity (Wildman–Crippen MR) is 104 cm³/mol. The Morgan fingerprint density at radius 1 is 1.11 bits per heavy atom. The zero-order valence-corrected chi connectivity index (χ0v) is 16.2. The van der Waals surface area contributed by atoms with E-state index in [0.717, 1.165) is 5.56 Å². The van der Waals surface area contributed by atoms with Gasteiger partial charge in [-0.25, -0.2) is 9.97 Å². The molecule has 3 rings (SSSR count). The number of piperazine rings is 1. The van der Waals surface area contributed by atoms with Crippen molar-refractivity contribution < 1.29 is 9.59 Å². The summed E-state index contributed by atoms with van der Waals surface area (Å²) in [5.74, 6) is 1.08. The standard InChI is InChI=1S/C19H22ClN5O2/c1-13-22-17(19(27)21-12-15-3-5-16(20)6-4-15)11-18(23-13)25-9-7-24(8-10-25)14(2)26/h3-6,11H,7-10,12H2,1-2H3,(H,21,27). The molecule has 0 radical (unpaired) electrons. The quantitative estimate of drug-likeness (QED) is 0.868. The van der Waals surface area contributed by atoms with Gasteiger partial charge in [0.1, 0.15) is 17.3 Å². The van der Waals surface area contributed by atoms with Gasteiger partial charge in [0.25, 0.3) is 5.91 Å². The van der Waals surface area contributed by atoms with Crippen LogP contribution in [0.25, 0.3) is 0 Å². The van der Waals surface area contributed by atoms with E-state index in [1.807, 2.05) is 17.0 Å². The van der Waals surface area contributed by atoms with Crippen LogP contribution in [-0.4, -0.2) is 52.9 Å². The lowest BCUT2D eigenvalue weighted by molar-refractivity contribution is -0.129. The van der Waals surface area contributed by atoms with E-state index in [-0.39, 0.29) is 11.8 Å². The Labute approximate surface area is 163 Å². The summed E-state index contributed by atoms with van der Waals surface area (Å²) in [4.78, 5) is 36.6. The van der Waals surface area contributed by atoms with Gasteiger partial charge in [0, 0.05) is 50.7 Å². The molecule has 1 fully saturated rings. The van der Waals surface area contributed by atoms with Crippen molar-refractivity contribution in [3.63, 3.8) is 0 Å². The maximum absolute atomic E-state index is 12.5. The summed E-state index contributed by atoms with van der Waals surface area (Å²) >= 11 is 5.87. The van der Waals surface area contributed by atoms with E-state index in [1.165, 1.54) is 0 Å². The average Bonchev–Trinajstić information content (AvgIpc) is 2.67. The first kappa shape index (κ1) is 19.1. The molecule has 1 aliphatic rings. The van der Waals surface area contributed by atoms with Crippen LogP contribution in [0.2, 0.25) is 5.02 Å². The van der Waals surface area contributed by atoms with Gasteiger partial charge < -0.3 is 15.1 Å². The van der Waals surface area contributed by atoms with Gasteiger partial charge in [-0.2, -0.15) is 0 Å². The highest BCUT2D eigenvalue weighted by atomic mass is 35.5. The fourth-order valence-corrected chi connectivity index (χ4v) is 3.08. The molecule has 2 amide bonds. The van der Waals surface area contributed by atoms with Crippen LogP contribution in [0.15, 0.2) is 30.3 Å². The van der Waals surface area contributed by atoms with E-state index in [1.54, 1.807) is 32.0 Å². The van der Waals surface area contributed by atoms with Gasteiger partial charge in [-0.1, -0.05) is 23.7 Å². The highest BCUT2D eigenvalue weighted by Crippen LogP contribution is 2.16. The zero-order valence-electron chi connectivity index (χ0n) is 15.4. The van der Waals surface area contributed by atoms with Gasteiger partial charge >= 0.3 is 0 Å². The van der Waals surface area contributed by atoms with Crippen molar-refractivity contribution in [3.05, 3.63) is 52.4 Å². The first-order chi connectivity index (χ1) is 12.9. The fourth-order valence-electron chi connectivity index (χ4n) is 2.96. The lowest BCUT2D eigenvalue weighted by atomic mass is 10.2. The maximum atomic E-state index is 12.5. The van der Waals surface area contributed by atoms with Gasteiger partial charge in [-0.3, -0.25) is 9.59 Å². The number of rotatable bonds is 4. The number of anilines is 1. The molecule has 8 heteroatoms. The van der Waals surface area contributed by atoms with E-state index in [2.05, 4.69) is 20.2 Å². The molecular weight excluding hydrogens is 366 g/mol. The number of aryl methyl sites for hydroxylation is 1. The summed E-state index contributed by atoms with van der Waals surface area (Å²) in [5, 5.41) is 3.53. The normalized spacial score (nSPS) is 14.2. The second-order valence-corrected chi connectivity index (χ2v) is 6.90. The second-order valence-electron chi connectivity index (χ2n) is 6.46. The van der Waals surface area contributed by atoms with Gasteiger partial charge in [-0.05, 0) is 24.6 Å². The van der Waals surface area contributed by atoms with Crippen LogP contribution in [0, 0.1) is 6.92 Å². The minimum atomic E-state index is -0.251. The highest BCUT2D eigenvalue weighted by molar-refractivity contribution is 6.30. The molecule has 1 aromatic carbocycles. The minimum absolute atomic E-state index is 0.0794. The lowest BCUT2D eigenvalue weighted by Gasteiger charge is -2.35. The average molecular weight is 388 g/mol. The number of hydrogen-bond acceptors (Lipinski definition) is 5. The van der Waals surface area contributed by atoms with Crippen LogP contribution < -0.4 is 10.2 Å². The summed E-state index contributed by atoms with van der Waals surface area (Å²) < 4.78 is 0. The molecule has 7 nitrogen and oxygen atoms in total. The molecule has 1 aliphatic heterocycles. The Morgan fingerprint density at radius 3 is 2.41 bits per heavy atom. The minimum Gasteiger partial charge on any atom is -0.353 e. The zero-order chi connectivity index (χ0) is 19.4. The summed E-state index contributed by atoms with van der Waals surface area (Å²) in [5.41, 5.74) is 1.29. The van der Waals surface area contributed by atoms with Crippen molar-refractivity contribution in [3.8, 4) is 0 Å². The van der Waals surface area contributed by atoms with Gasteiger partial charge in [0.2, 0.25) is 5.91 Å². The number of hydrogen-bond donors (Lipinski definition) is 1. The Bertz CT molecular complexity index is 832. The van der Waals surface area contributed by atoms with Crippen LogP contribution in [0.3, 0.4) is 0 Å². The molecule has 2 heterocycles. The van der Waals surface area contributed by atoms with Crippen molar-refractivity contribution in [2.45, 2.75) is 20.4 Å². The first-order valence-corrected chi connectivity index (χ1v) is 9.19. The van der Waals surface area contributed by atoms with Gasteiger partial charge in [-0.15, -0.1) is 0 Å². The van der Waals surface area contributed by atoms with E-state index < -0.39 is 0 Å². The first-order valence-electron chi connectivity index (χ1n) is 8.81. The van der Waals surface area contributed by atoms with Crippen LogP contribution in [-0.2, 0) is 11.3 Å². The number of nitrogens with one attached hydrogen (secondary N) is 1. The molecule has 27 heavy (non-hydrogen) atoms. The number of benzene rings is 1. The topological polar surface area (TPSA) is 78.4 Å². The molecule has 1 aromatic heterocycles. The molecule has 0 unspecified atom stereocenters. The number of carbonyl (C=O) groups excluding carboxylic acids is 2. The second kappa shape index (κ2) is 8.35. The fraction of sp³-hybridized carbons (Fsp3) is 0.368. The summed E-state index contributed by atoms with van der Waals surface area (Å²) in [6, 6.07) is 9.02. The van der Waals surface area contributed by atoms with Crippen molar-refractivity contribution in [2.75, 3.05) is 31.1 Å². The lowest BCUT2D eigenvalue weighted by Crippen LogP contribution is -2.48. The number of amides is 2. The molecular formula is C19H22ClN5O2. The summed E-state index contributed by atoms with van der Waals surface area (Å²) in [6.45, 7) is 6.40. The van der Waals surface area contributed by atoms with Crippen LogP contribution in [0.4, 0.5) is 5.82 Å². The van der Waals surface area contributed by atoms with Crippen LogP contribution in [0.1, 0.15) is 28.8 Å². The smallest absolute Gasteiger partial charge is 0.270 e. The van der Waals surface area contributed by atoms with E-state index >= 15 is 0 Å². The number of halogens is 1. The van der Waals surface area contributed by atoms with Crippen molar-refractivity contribution >= 4 is 29.2 Å². The summed E-state index contributed by atoms with van der Waals surface area (Å²) in [7, 11) is 0. The SMILES string of the molecule is CC(=O)N1CCN(c2cc(C(=O)NCc3ccc(Cl)cc3)nc(C)n2)CC1. The molecule has 1 saturated heterocycles. The van der Waals surface area contributed by atoms with Crippen molar-refractivity contribution in [1.82, 2.24) is 20.2 Å². The number of aromatic nitrogens is 2. The monoisotopic (exact) mass is 387 g/mol. The largest absolute Gasteiger partial charge is 0.353 e. The number of nitrogens with zero attached hydrogens (tertiary/aromatic N) is 4. The third kappa shape index (κ3) is 4.95. The molecule has 1 N–H and O–H groups in total. The molecule has 0 saturated carbocycles. The van der Waals surface area contributed by atoms with E-state index in [4.69, 9.17) is 11.6 Å². The molecule has 0 atom stereocenters. The Kier molecular flexibility index (Phi) is 5.91. The Balaban J connectivity index is 1.66.